The molecular formula is C17H24N2O2. The molecule has 0 amide bonds. The van der Waals surface area contributed by atoms with Gasteiger partial charge in [-0.2, -0.15) is 0 Å². The third kappa shape index (κ3) is 4.69. The first kappa shape index (κ1) is 15.7. The van der Waals surface area contributed by atoms with Crippen LogP contribution in [-0.4, -0.2) is 37.9 Å². The average Bonchev–Trinajstić information content (AvgIpc) is 2.48. The first-order valence-electron chi connectivity index (χ1n) is 7.43. The Hall–Kier alpha value is -1.65. The third-order valence-corrected chi connectivity index (χ3v) is 3.28. The highest BCUT2D eigenvalue weighted by molar-refractivity contribution is 5.84. The van der Waals surface area contributed by atoms with E-state index < -0.39 is 0 Å². The van der Waals surface area contributed by atoms with Gasteiger partial charge in [-0.25, -0.2) is 4.98 Å². The molecule has 0 saturated heterocycles. The number of para-hydroxylation sites is 1. The fourth-order valence-corrected chi connectivity index (χ4v) is 2.22. The number of aryl methyl sites for hydroxylation is 1. The topological polar surface area (TPSA) is 43.4 Å². The van der Waals surface area contributed by atoms with Crippen molar-refractivity contribution in [3.63, 3.8) is 0 Å². The molecule has 0 fully saturated rings. The van der Waals surface area contributed by atoms with Crippen molar-refractivity contribution in [2.75, 3.05) is 26.8 Å². The molecule has 1 aromatic carbocycles. The number of pyridine rings is 1. The van der Waals surface area contributed by atoms with Gasteiger partial charge >= 0.3 is 0 Å². The molecule has 0 aliphatic heterocycles. The van der Waals surface area contributed by atoms with Gasteiger partial charge in [0.25, 0.3) is 0 Å². The maximum absolute atomic E-state index is 6.03. The molecule has 21 heavy (non-hydrogen) atoms. The van der Waals surface area contributed by atoms with E-state index in [9.17, 15) is 0 Å². The van der Waals surface area contributed by atoms with E-state index in [1.807, 2.05) is 25.1 Å². The molecule has 4 heteroatoms. The van der Waals surface area contributed by atoms with Crippen molar-refractivity contribution in [1.82, 2.24) is 10.3 Å². The monoisotopic (exact) mass is 288 g/mol. The van der Waals surface area contributed by atoms with Crippen molar-refractivity contribution < 1.29 is 9.47 Å². The van der Waals surface area contributed by atoms with E-state index in [0.29, 0.717) is 0 Å². The minimum absolute atomic E-state index is 0.0976. The predicted octanol–water partition coefficient (Wildman–Crippen LogP) is 2.94. The SMILES string of the molecule is COCCCNCC(C)Oc1cccc2ccc(C)nc12. The van der Waals surface area contributed by atoms with Crippen LogP contribution in [0.3, 0.4) is 0 Å². The number of fused-ring (bicyclic) bond motifs is 1. The normalized spacial score (nSPS) is 12.5. The lowest BCUT2D eigenvalue weighted by atomic mass is 10.2. The zero-order valence-corrected chi connectivity index (χ0v) is 13.1. The molecule has 0 aliphatic carbocycles. The molecule has 114 valence electrons. The van der Waals surface area contributed by atoms with E-state index in [-0.39, 0.29) is 6.10 Å². The molecule has 1 atom stereocenters. The van der Waals surface area contributed by atoms with Gasteiger partial charge in [-0.15, -0.1) is 0 Å². The lowest BCUT2D eigenvalue weighted by Gasteiger charge is -2.16. The van der Waals surface area contributed by atoms with Crippen LogP contribution in [0.5, 0.6) is 5.75 Å². The van der Waals surface area contributed by atoms with E-state index in [4.69, 9.17) is 9.47 Å². The van der Waals surface area contributed by atoms with Crippen molar-refractivity contribution in [2.24, 2.45) is 0 Å². The highest BCUT2D eigenvalue weighted by Crippen LogP contribution is 2.24. The van der Waals surface area contributed by atoms with Crippen molar-refractivity contribution in [2.45, 2.75) is 26.4 Å². The number of nitrogens with one attached hydrogen (secondary N) is 1. The summed E-state index contributed by atoms with van der Waals surface area (Å²) in [5, 5.41) is 4.48. The fraction of sp³-hybridized carbons (Fsp3) is 0.471. The Labute approximate surface area is 126 Å². The van der Waals surface area contributed by atoms with Crippen LogP contribution in [0.15, 0.2) is 30.3 Å². The van der Waals surface area contributed by atoms with Crippen LogP contribution in [0.2, 0.25) is 0 Å². The zero-order valence-electron chi connectivity index (χ0n) is 13.1. The molecule has 1 unspecified atom stereocenters. The van der Waals surface area contributed by atoms with Crippen LogP contribution >= 0.6 is 0 Å². The Bertz CT molecular complexity index is 572. The summed E-state index contributed by atoms with van der Waals surface area (Å²) in [5.74, 6) is 0.849. The van der Waals surface area contributed by atoms with Crippen molar-refractivity contribution in [3.8, 4) is 5.75 Å². The van der Waals surface area contributed by atoms with Crippen LogP contribution in [0, 0.1) is 6.92 Å². The van der Waals surface area contributed by atoms with Crippen molar-refractivity contribution >= 4 is 10.9 Å². The molecule has 0 spiro atoms. The molecule has 0 radical (unpaired) electrons. The van der Waals surface area contributed by atoms with Gasteiger partial charge in [0, 0.05) is 31.3 Å². The molecule has 1 aromatic heterocycles. The van der Waals surface area contributed by atoms with Crippen LogP contribution in [0.4, 0.5) is 0 Å². The number of ether oxygens (including phenoxy) is 2. The lowest BCUT2D eigenvalue weighted by molar-refractivity contribution is 0.188. The van der Waals surface area contributed by atoms with Crippen LogP contribution in [0.25, 0.3) is 10.9 Å². The van der Waals surface area contributed by atoms with Gasteiger partial charge in [-0.05, 0) is 38.9 Å². The fourth-order valence-electron chi connectivity index (χ4n) is 2.22. The highest BCUT2D eigenvalue weighted by atomic mass is 16.5. The van der Waals surface area contributed by atoms with E-state index >= 15 is 0 Å². The van der Waals surface area contributed by atoms with Gasteiger partial charge in [0.05, 0.1) is 0 Å². The molecule has 1 N–H and O–H groups in total. The van der Waals surface area contributed by atoms with Crippen LogP contribution in [-0.2, 0) is 4.74 Å². The molecule has 1 heterocycles. The minimum Gasteiger partial charge on any atom is -0.487 e. The summed E-state index contributed by atoms with van der Waals surface area (Å²) in [6.45, 7) is 6.60. The highest BCUT2D eigenvalue weighted by Gasteiger charge is 2.08. The minimum atomic E-state index is 0.0976. The third-order valence-electron chi connectivity index (χ3n) is 3.28. The molecule has 0 saturated carbocycles. The molecule has 2 aromatic rings. The number of methoxy groups -OCH3 is 1. The summed E-state index contributed by atoms with van der Waals surface area (Å²) in [5.41, 5.74) is 1.94. The number of rotatable bonds is 8. The smallest absolute Gasteiger partial charge is 0.146 e. The Morgan fingerprint density at radius 3 is 2.90 bits per heavy atom. The average molecular weight is 288 g/mol. The van der Waals surface area contributed by atoms with Crippen molar-refractivity contribution in [1.29, 1.82) is 0 Å². The first-order chi connectivity index (χ1) is 10.2. The second-order valence-corrected chi connectivity index (χ2v) is 5.26. The summed E-state index contributed by atoms with van der Waals surface area (Å²) in [6, 6.07) is 10.1. The number of nitrogens with zero attached hydrogens (tertiary/aromatic N) is 1. The second kappa shape index (κ2) is 7.96. The summed E-state index contributed by atoms with van der Waals surface area (Å²) >= 11 is 0. The Kier molecular flexibility index (Phi) is 5.96. The van der Waals surface area contributed by atoms with Gasteiger partial charge in [0.2, 0.25) is 0 Å². The van der Waals surface area contributed by atoms with Gasteiger partial charge in [-0.1, -0.05) is 18.2 Å². The molecule has 0 aliphatic rings. The maximum atomic E-state index is 6.03. The van der Waals surface area contributed by atoms with Crippen molar-refractivity contribution in [3.05, 3.63) is 36.0 Å². The van der Waals surface area contributed by atoms with Gasteiger partial charge in [0.15, 0.2) is 0 Å². The summed E-state index contributed by atoms with van der Waals surface area (Å²) in [6.07, 6.45) is 1.11. The lowest BCUT2D eigenvalue weighted by Crippen LogP contribution is -2.30. The maximum Gasteiger partial charge on any atom is 0.146 e. The van der Waals surface area contributed by atoms with E-state index in [0.717, 1.165) is 48.5 Å². The van der Waals surface area contributed by atoms with Crippen LogP contribution in [0.1, 0.15) is 19.0 Å². The molecular weight excluding hydrogens is 264 g/mol. The van der Waals surface area contributed by atoms with Gasteiger partial charge in [-0.3, -0.25) is 0 Å². The Morgan fingerprint density at radius 1 is 1.24 bits per heavy atom. The number of aromatic nitrogens is 1. The quantitative estimate of drug-likeness (QED) is 0.759. The largest absolute Gasteiger partial charge is 0.487 e. The summed E-state index contributed by atoms with van der Waals surface area (Å²) in [7, 11) is 1.72. The first-order valence-corrected chi connectivity index (χ1v) is 7.43. The number of benzene rings is 1. The molecule has 0 bridgehead atoms. The Balaban J connectivity index is 1.94. The van der Waals surface area contributed by atoms with Crippen LogP contribution < -0.4 is 10.1 Å². The zero-order chi connectivity index (χ0) is 15.1. The molecule has 2 rings (SSSR count). The summed E-state index contributed by atoms with van der Waals surface area (Å²) < 4.78 is 11.1. The van der Waals surface area contributed by atoms with E-state index in [2.05, 4.69) is 29.4 Å². The Morgan fingerprint density at radius 2 is 2.10 bits per heavy atom. The van der Waals surface area contributed by atoms with Gasteiger partial charge < -0.3 is 14.8 Å². The van der Waals surface area contributed by atoms with E-state index in [1.165, 1.54) is 0 Å². The number of hydrogen-bond acceptors (Lipinski definition) is 4. The number of hydrogen-bond donors (Lipinski definition) is 1. The van der Waals surface area contributed by atoms with Gasteiger partial charge in [0.1, 0.15) is 17.4 Å². The second-order valence-electron chi connectivity index (χ2n) is 5.26. The standard InChI is InChI=1S/C17H24N2O2/c1-13-8-9-15-6-4-7-16(17(15)19-13)21-14(2)12-18-10-5-11-20-3/h4,6-9,14,18H,5,10-12H2,1-3H3. The summed E-state index contributed by atoms with van der Waals surface area (Å²) in [4.78, 5) is 4.59. The van der Waals surface area contributed by atoms with E-state index in [1.54, 1.807) is 7.11 Å². The molecule has 4 nitrogen and oxygen atoms in total. The predicted molar refractivity (Wildman–Crippen MR) is 85.9 cm³/mol.